The van der Waals surface area contributed by atoms with Crippen LogP contribution in [0.1, 0.15) is 32.6 Å². The van der Waals surface area contributed by atoms with E-state index >= 15 is 0 Å². The molecule has 0 aliphatic carbocycles. The molecule has 1 N–H and O–H groups in total. The third kappa shape index (κ3) is 4.42. The molecule has 0 aromatic heterocycles. The van der Waals surface area contributed by atoms with Crippen molar-refractivity contribution in [3.05, 3.63) is 0 Å². The van der Waals surface area contributed by atoms with Crippen LogP contribution in [0.15, 0.2) is 0 Å². The molecular formula is C16H33N3O. The minimum atomic E-state index is 0.423. The summed E-state index contributed by atoms with van der Waals surface area (Å²) in [6.45, 7) is 10.0. The summed E-state index contributed by atoms with van der Waals surface area (Å²) in [4.78, 5) is 5.09. The maximum absolute atomic E-state index is 5.59. The smallest absolute Gasteiger partial charge is 0.0472 e. The van der Waals surface area contributed by atoms with Gasteiger partial charge < -0.3 is 19.9 Å². The molecule has 0 aromatic carbocycles. The summed E-state index contributed by atoms with van der Waals surface area (Å²) in [6.07, 6.45) is 5.05. The Morgan fingerprint density at radius 2 is 1.90 bits per heavy atom. The number of hydrogen-bond acceptors (Lipinski definition) is 4. The molecular weight excluding hydrogens is 250 g/mol. The first-order valence-corrected chi connectivity index (χ1v) is 8.32. The quantitative estimate of drug-likeness (QED) is 0.798. The van der Waals surface area contributed by atoms with Crippen LogP contribution in [0.5, 0.6) is 0 Å². The van der Waals surface area contributed by atoms with Crippen LogP contribution in [0.2, 0.25) is 0 Å². The topological polar surface area (TPSA) is 27.7 Å². The van der Waals surface area contributed by atoms with E-state index in [0.717, 1.165) is 32.3 Å². The first kappa shape index (κ1) is 16.2. The molecule has 0 bridgehead atoms. The fourth-order valence-electron chi connectivity index (χ4n) is 3.68. The zero-order valence-electron chi connectivity index (χ0n) is 13.7. The summed E-state index contributed by atoms with van der Waals surface area (Å²) in [5.41, 5.74) is 0.423. The number of nitrogens with zero attached hydrogens (tertiary/aromatic N) is 2. The number of likely N-dealkylation sites (tertiary alicyclic amines) is 1. The average Bonchev–Trinajstić information content (AvgIpc) is 2.47. The molecule has 2 saturated heterocycles. The highest BCUT2D eigenvalue weighted by molar-refractivity contribution is 4.89. The fraction of sp³-hybridized carbons (Fsp3) is 1.00. The highest BCUT2D eigenvalue weighted by Gasteiger charge is 2.35. The lowest BCUT2D eigenvalue weighted by atomic mass is 9.79. The first-order valence-electron chi connectivity index (χ1n) is 8.32. The molecule has 2 aliphatic rings. The van der Waals surface area contributed by atoms with Gasteiger partial charge in [0.1, 0.15) is 0 Å². The van der Waals surface area contributed by atoms with E-state index in [-0.39, 0.29) is 0 Å². The van der Waals surface area contributed by atoms with E-state index < -0.39 is 0 Å². The van der Waals surface area contributed by atoms with Crippen molar-refractivity contribution >= 4 is 0 Å². The van der Waals surface area contributed by atoms with Gasteiger partial charge in [0.25, 0.3) is 0 Å². The third-order valence-corrected chi connectivity index (χ3v) is 5.20. The molecule has 118 valence electrons. The van der Waals surface area contributed by atoms with Crippen molar-refractivity contribution in [3.8, 4) is 0 Å². The Morgan fingerprint density at radius 3 is 2.50 bits per heavy atom. The van der Waals surface area contributed by atoms with Gasteiger partial charge in [-0.2, -0.15) is 0 Å². The van der Waals surface area contributed by atoms with Gasteiger partial charge in [0.15, 0.2) is 0 Å². The van der Waals surface area contributed by atoms with Gasteiger partial charge in [-0.1, -0.05) is 6.92 Å². The van der Waals surface area contributed by atoms with Crippen molar-refractivity contribution in [3.63, 3.8) is 0 Å². The molecule has 0 amide bonds. The maximum atomic E-state index is 5.59. The van der Waals surface area contributed by atoms with E-state index in [1.165, 1.54) is 45.3 Å². The van der Waals surface area contributed by atoms with Crippen molar-refractivity contribution < 1.29 is 4.74 Å². The summed E-state index contributed by atoms with van der Waals surface area (Å²) in [5, 5.41) is 3.58. The van der Waals surface area contributed by atoms with Crippen LogP contribution in [0.3, 0.4) is 0 Å². The lowest BCUT2D eigenvalue weighted by Crippen LogP contribution is -2.50. The molecule has 0 spiro atoms. The summed E-state index contributed by atoms with van der Waals surface area (Å²) in [6, 6.07) is 0.771. The van der Waals surface area contributed by atoms with Crippen molar-refractivity contribution in [2.75, 3.05) is 60.0 Å². The highest BCUT2D eigenvalue weighted by Crippen LogP contribution is 2.32. The van der Waals surface area contributed by atoms with Gasteiger partial charge >= 0.3 is 0 Å². The van der Waals surface area contributed by atoms with Gasteiger partial charge in [0, 0.05) is 32.3 Å². The number of rotatable bonds is 6. The molecule has 4 heteroatoms. The molecule has 2 rings (SSSR count). The lowest BCUT2D eigenvalue weighted by molar-refractivity contribution is -0.0109. The third-order valence-electron chi connectivity index (χ3n) is 5.20. The minimum Gasteiger partial charge on any atom is -0.381 e. The monoisotopic (exact) mass is 283 g/mol. The van der Waals surface area contributed by atoms with E-state index in [1.807, 2.05) is 0 Å². The van der Waals surface area contributed by atoms with Crippen LogP contribution in [-0.4, -0.2) is 75.9 Å². The Balaban J connectivity index is 1.89. The zero-order valence-corrected chi connectivity index (χ0v) is 13.7. The molecule has 2 fully saturated rings. The molecule has 0 radical (unpaired) electrons. The zero-order chi connectivity index (χ0) is 14.4. The molecule has 4 nitrogen and oxygen atoms in total. The Morgan fingerprint density at radius 1 is 1.25 bits per heavy atom. The molecule has 0 unspecified atom stereocenters. The Hall–Kier alpha value is -0.160. The largest absolute Gasteiger partial charge is 0.381 e. The first-order chi connectivity index (χ1) is 9.65. The van der Waals surface area contributed by atoms with Crippen LogP contribution in [0, 0.1) is 5.41 Å². The van der Waals surface area contributed by atoms with Crippen molar-refractivity contribution in [1.82, 2.24) is 15.1 Å². The molecule has 20 heavy (non-hydrogen) atoms. The molecule has 2 aliphatic heterocycles. The summed E-state index contributed by atoms with van der Waals surface area (Å²) in [7, 11) is 4.57. The van der Waals surface area contributed by atoms with Crippen molar-refractivity contribution in [2.45, 2.75) is 38.6 Å². The van der Waals surface area contributed by atoms with Gasteiger partial charge in [-0.05, 0) is 64.8 Å². The Kier molecular flexibility index (Phi) is 6.27. The summed E-state index contributed by atoms with van der Waals surface area (Å²) < 4.78 is 5.59. The van der Waals surface area contributed by atoms with E-state index in [4.69, 9.17) is 4.74 Å². The van der Waals surface area contributed by atoms with Gasteiger partial charge in [-0.15, -0.1) is 0 Å². The van der Waals surface area contributed by atoms with Crippen molar-refractivity contribution in [2.24, 2.45) is 5.41 Å². The highest BCUT2D eigenvalue weighted by atomic mass is 16.5. The predicted octanol–water partition coefficient (Wildman–Crippen LogP) is 1.42. The van der Waals surface area contributed by atoms with Crippen LogP contribution in [0.4, 0.5) is 0 Å². The van der Waals surface area contributed by atoms with Gasteiger partial charge in [-0.25, -0.2) is 0 Å². The predicted molar refractivity (Wildman–Crippen MR) is 84.2 cm³/mol. The van der Waals surface area contributed by atoms with Crippen LogP contribution in [0.25, 0.3) is 0 Å². The number of ether oxygens (including phenoxy) is 1. The Bertz CT molecular complexity index is 271. The second kappa shape index (κ2) is 7.74. The van der Waals surface area contributed by atoms with Crippen LogP contribution >= 0.6 is 0 Å². The second-order valence-corrected chi connectivity index (χ2v) is 6.84. The second-order valence-electron chi connectivity index (χ2n) is 6.84. The fourth-order valence-corrected chi connectivity index (χ4v) is 3.68. The minimum absolute atomic E-state index is 0.423. The number of nitrogens with one attached hydrogen (secondary N) is 1. The van der Waals surface area contributed by atoms with Gasteiger partial charge in [0.2, 0.25) is 0 Å². The van der Waals surface area contributed by atoms with Crippen LogP contribution < -0.4 is 5.32 Å². The van der Waals surface area contributed by atoms with E-state index in [0.29, 0.717) is 5.41 Å². The molecule has 0 atom stereocenters. The van der Waals surface area contributed by atoms with E-state index in [2.05, 4.69) is 36.1 Å². The van der Waals surface area contributed by atoms with E-state index in [1.54, 1.807) is 0 Å². The molecule has 2 heterocycles. The Labute approximate surface area is 124 Å². The van der Waals surface area contributed by atoms with Gasteiger partial charge in [0.05, 0.1) is 0 Å². The van der Waals surface area contributed by atoms with Crippen LogP contribution in [-0.2, 0) is 4.74 Å². The normalized spacial score (nSPS) is 25.2. The molecule has 0 saturated carbocycles. The SMILES string of the molecule is CCNCC1(CN(C)C2CCN(C)CC2)CCOCC1. The maximum Gasteiger partial charge on any atom is 0.0472 e. The summed E-state index contributed by atoms with van der Waals surface area (Å²) >= 11 is 0. The van der Waals surface area contributed by atoms with Gasteiger partial charge in [-0.3, -0.25) is 0 Å². The average molecular weight is 283 g/mol. The van der Waals surface area contributed by atoms with E-state index in [9.17, 15) is 0 Å². The number of hydrogen-bond donors (Lipinski definition) is 1. The number of piperidine rings is 1. The lowest BCUT2D eigenvalue weighted by Gasteiger charge is -2.44. The standard InChI is InChI=1S/C16H33N3O/c1-4-17-13-16(7-11-20-12-8-16)14-19(3)15-5-9-18(2)10-6-15/h15,17H,4-14H2,1-3H3. The molecule has 0 aromatic rings. The van der Waals surface area contributed by atoms with Crippen molar-refractivity contribution in [1.29, 1.82) is 0 Å². The summed E-state index contributed by atoms with van der Waals surface area (Å²) in [5.74, 6) is 0.